The second kappa shape index (κ2) is 15.8. The number of benzene rings is 10. The summed E-state index contributed by atoms with van der Waals surface area (Å²) in [6.07, 6.45) is 0. The summed E-state index contributed by atoms with van der Waals surface area (Å²) in [6, 6.07) is 68.2. The molecule has 0 aromatic heterocycles. The second-order valence-corrected chi connectivity index (χ2v) is 17.2. The van der Waals surface area contributed by atoms with E-state index in [1.165, 1.54) is 14.1 Å². The highest BCUT2D eigenvalue weighted by Gasteiger charge is 2.42. The predicted molar refractivity (Wildman–Crippen MR) is 272 cm³/mol. The fraction of sp³-hybridized carbons (Fsp3) is 0.0333. The molecule has 0 aliphatic carbocycles. The molecule has 8 heteroatoms. The number of anilines is 6. The van der Waals surface area contributed by atoms with Gasteiger partial charge in [0.05, 0.1) is 22.5 Å². The average Bonchev–Trinajstić information content (AvgIpc) is 3.39. The number of hydrogen-bond acceptors (Lipinski definition) is 6. The van der Waals surface area contributed by atoms with Crippen LogP contribution in [0.25, 0.3) is 54.6 Å². The molecule has 0 atom stereocenters. The van der Waals surface area contributed by atoms with Gasteiger partial charge in [0.25, 0.3) is 23.6 Å². The van der Waals surface area contributed by atoms with Crippen molar-refractivity contribution in [1.29, 1.82) is 0 Å². The monoisotopic (exact) mass is 880 g/mol. The summed E-state index contributed by atoms with van der Waals surface area (Å²) in [6.45, 7) is 0. The molecule has 0 radical (unpaired) electrons. The number of nitrogens with zero attached hydrogens (tertiary/aromatic N) is 4. The molecule has 8 nitrogen and oxygen atoms in total. The number of imide groups is 2. The Morgan fingerprint density at radius 3 is 0.912 bits per heavy atom. The Balaban J connectivity index is 1.12. The van der Waals surface area contributed by atoms with Crippen LogP contribution in [0.4, 0.5) is 34.1 Å². The molecule has 0 saturated carbocycles. The maximum absolute atomic E-state index is 14.8. The van der Waals surface area contributed by atoms with Crippen LogP contribution in [0.1, 0.15) is 41.4 Å². The van der Waals surface area contributed by atoms with Gasteiger partial charge in [0.1, 0.15) is 0 Å². The topological polar surface area (TPSA) is 81.2 Å². The third-order valence-electron chi connectivity index (χ3n) is 13.4. The molecule has 2 heterocycles. The Kier molecular flexibility index (Phi) is 9.37. The highest BCUT2D eigenvalue weighted by atomic mass is 16.2. The SMILES string of the molecule is CN1C(=O)c2cc(-c3ccc(N(c4ccccc4)c4ccccc4)c4ccccc34)c3c4c(cc(-c5ccc(N(c6ccccc6)c6ccccc6)c6ccccc56)c(c24)C1=O)C(=O)N(C)C3=O. The summed E-state index contributed by atoms with van der Waals surface area (Å²) in [7, 11) is 2.98. The minimum atomic E-state index is -0.515. The van der Waals surface area contributed by atoms with Gasteiger partial charge in [-0.2, -0.15) is 0 Å². The Morgan fingerprint density at radius 1 is 0.294 bits per heavy atom. The Hall–Kier alpha value is -9.14. The normalized spacial score (nSPS) is 13.2. The van der Waals surface area contributed by atoms with E-state index in [9.17, 15) is 19.2 Å². The smallest absolute Gasteiger partial charge is 0.261 e. The molecule has 2 aliphatic heterocycles. The van der Waals surface area contributed by atoms with Gasteiger partial charge in [-0.15, -0.1) is 0 Å². The lowest BCUT2D eigenvalue weighted by Crippen LogP contribution is -2.41. The van der Waals surface area contributed by atoms with Gasteiger partial charge in [0.2, 0.25) is 0 Å². The van der Waals surface area contributed by atoms with Crippen LogP contribution in [0, 0.1) is 0 Å². The van der Waals surface area contributed by atoms with Gasteiger partial charge in [-0.05, 0) is 106 Å². The number of hydrogen-bond donors (Lipinski definition) is 0. The third kappa shape index (κ3) is 6.08. The lowest BCUT2D eigenvalue weighted by Gasteiger charge is -2.33. The van der Waals surface area contributed by atoms with Crippen molar-refractivity contribution in [2.75, 3.05) is 23.9 Å². The van der Waals surface area contributed by atoms with Crippen molar-refractivity contribution in [3.05, 3.63) is 229 Å². The Morgan fingerprint density at radius 2 is 0.588 bits per heavy atom. The van der Waals surface area contributed by atoms with Gasteiger partial charge in [-0.3, -0.25) is 29.0 Å². The molecule has 4 amide bonds. The van der Waals surface area contributed by atoms with Crippen molar-refractivity contribution in [2.45, 2.75) is 0 Å². The molecule has 0 fully saturated rings. The molecule has 2 aliphatic rings. The van der Waals surface area contributed by atoms with Crippen LogP contribution in [-0.2, 0) is 0 Å². The van der Waals surface area contributed by atoms with E-state index in [-0.39, 0.29) is 22.3 Å². The predicted octanol–water partition coefficient (Wildman–Crippen LogP) is 13.9. The molecule has 0 saturated heterocycles. The fourth-order valence-electron chi connectivity index (χ4n) is 10.3. The molecule has 0 unspecified atom stereocenters. The van der Waals surface area contributed by atoms with Gasteiger partial charge in [0, 0.05) is 69.5 Å². The Bertz CT molecular complexity index is 3420. The standard InChI is InChI=1S/C60H40N4O4/c1-61-57(65)49-35-48(44-32-34-52(46-30-18-16-28-42(44)46)64(39-23-11-5-12-24-39)40-25-13-6-14-26-40)56-54-50(58(66)62(2)60(56)68)36-47(55(53(49)54)59(61)67)43-31-33-51(45-29-17-15-27-41(43)45)63(37-19-7-3-8-20-37)38-21-9-4-10-22-38/h3-36H,1-2H3. The first-order valence-corrected chi connectivity index (χ1v) is 22.5. The van der Waals surface area contributed by atoms with E-state index in [2.05, 4.69) is 70.5 Å². The summed E-state index contributed by atoms with van der Waals surface area (Å²) >= 11 is 0. The van der Waals surface area contributed by atoms with Gasteiger partial charge < -0.3 is 9.80 Å². The van der Waals surface area contributed by atoms with E-state index < -0.39 is 23.6 Å². The van der Waals surface area contributed by atoms with Crippen molar-refractivity contribution >= 4 is 90.1 Å². The maximum atomic E-state index is 14.8. The highest BCUT2D eigenvalue weighted by Crippen LogP contribution is 2.50. The van der Waals surface area contributed by atoms with E-state index in [0.717, 1.165) is 65.5 Å². The molecule has 0 spiro atoms. The van der Waals surface area contributed by atoms with Crippen LogP contribution in [-0.4, -0.2) is 47.5 Å². The maximum Gasteiger partial charge on any atom is 0.261 e. The van der Waals surface area contributed by atoms with E-state index in [1.807, 2.05) is 133 Å². The van der Waals surface area contributed by atoms with Crippen LogP contribution in [0.2, 0.25) is 0 Å². The number of amides is 4. The molecule has 10 aromatic rings. The summed E-state index contributed by atoms with van der Waals surface area (Å²) in [5.41, 5.74) is 9.14. The zero-order valence-electron chi connectivity index (χ0n) is 37.1. The quantitative estimate of drug-likeness (QED) is 0.141. The van der Waals surface area contributed by atoms with E-state index >= 15 is 0 Å². The fourth-order valence-corrected chi connectivity index (χ4v) is 10.3. The molecule has 12 rings (SSSR count). The van der Waals surface area contributed by atoms with Crippen LogP contribution in [0.15, 0.2) is 206 Å². The lowest BCUT2D eigenvalue weighted by atomic mass is 9.78. The zero-order chi connectivity index (χ0) is 46.2. The van der Waals surface area contributed by atoms with Gasteiger partial charge >= 0.3 is 0 Å². The molecule has 10 aromatic carbocycles. The number of fused-ring (bicyclic) bond motifs is 2. The highest BCUT2D eigenvalue weighted by molar-refractivity contribution is 6.37. The van der Waals surface area contributed by atoms with Crippen LogP contribution < -0.4 is 9.80 Å². The first-order valence-electron chi connectivity index (χ1n) is 22.5. The molecule has 0 bridgehead atoms. The number of rotatable bonds is 8. The van der Waals surface area contributed by atoms with Gasteiger partial charge in [-0.25, -0.2) is 0 Å². The van der Waals surface area contributed by atoms with Crippen LogP contribution in [0.5, 0.6) is 0 Å². The second-order valence-electron chi connectivity index (χ2n) is 17.2. The number of para-hydroxylation sites is 4. The van der Waals surface area contributed by atoms with E-state index in [1.54, 1.807) is 12.1 Å². The number of carbonyl (C=O) groups excluding carboxylic acids is 4. The van der Waals surface area contributed by atoms with Gasteiger partial charge in [-0.1, -0.05) is 133 Å². The molecule has 68 heavy (non-hydrogen) atoms. The van der Waals surface area contributed by atoms with Crippen molar-refractivity contribution in [3.63, 3.8) is 0 Å². The first kappa shape index (κ1) is 40.4. The third-order valence-corrected chi connectivity index (χ3v) is 13.4. The largest absolute Gasteiger partial charge is 0.310 e. The van der Waals surface area contributed by atoms with Crippen molar-refractivity contribution in [1.82, 2.24) is 9.80 Å². The lowest BCUT2D eigenvalue weighted by molar-refractivity contribution is 0.0630. The molecule has 324 valence electrons. The summed E-state index contributed by atoms with van der Waals surface area (Å²) < 4.78 is 0. The average molecular weight is 881 g/mol. The van der Waals surface area contributed by atoms with E-state index in [0.29, 0.717) is 33.0 Å². The van der Waals surface area contributed by atoms with Crippen LogP contribution >= 0.6 is 0 Å². The van der Waals surface area contributed by atoms with Crippen molar-refractivity contribution < 1.29 is 19.2 Å². The van der Waals surface area contributed by atoms with Crippen LogP contribution in [0.3, 0.4) is 0 Å². The zero-order valence-corrected chi connectivity index (χ0v) is 37.1. The Labute approximate surface area is 392 Å². The molecular formula is C60H40N4O4. The van der Waals surface area contributed by atoms with E-state index in [4.69, 9.17) is 0 Å². The molecular weight excluding hydrogens is 841 g/mol. The number of carbonyl (C=O) groups is 4. The summed E-state index contributed by atoms with van der Waals surface area (Å²) in [5, 5.41) is 4.12. The first-order chi connectivity index (χ1) is 33.3. The summed E-state index contributed by atoms with van der Waals surface area (Å²) in [4.78, 5) is 65.6. The van der Waals surface area contributed by atoms with Crippen molar-refractivity contribution in [2.24, 2.45) is 0 Å². The van der Waals surface area contributed by atoms with Crippen molar-refractivity contribution in [3.8, 4) is 22.3 Å². The molecule has 0 N–H and O–H groups in total. The minimum Gasteiger partial charge on any atom is -0.310 e. The van der Waals surface area contributed by atoms with Gasteiger partial charge in [0.15, 0.2) is 0 Å². The summed E-state index contributed by atoms with van der Waals surface area (Å²) in [5.74, 6) is -2.05. The minimum absolute atomic E-state index is 0.243.